The predicted molar refractivity (Wildman–Crippen MR) is 114 cm³/mol. The molecule has 0 unspecified atom stereocenters. The van der Waals surface area contributed by atoms with Gasteiger partial charge < -0.3 is 24.6 Å². The van der Waals surface area contributed by atoms with Gasteiger partial charge in [-0.1, -0.05) is 12.1 Å². The summed E-state index contributed by atoms with van der Waals surface area (Å²) in [7, 11) is 4.62. The van der Waals surface area contributed by atoms with Crippen LogP contribution in [0.1, 0.15) is 42.2 Å². The Labute approximate surface area is 180 Å². The topological polar surface area (TPSA) is 94.1 Å². The highest BCUT2D eigenvalue weighted by atomic mass is 16.5. The highest BCUT2D eigenvalue weighted by molar-refractivity contribution is 6.02. The molecule has 1 aliphatic heterocycles. The minimum atomic E-state index is -0.364. The van der Waals surface area contributed by atoms with Gasteiger partial charge in [-0.25, -0.2) is 0 Å². The maximum absolute atomic E-state index is 13.3. The third-order valence-corrected chi connectivity index (χ3v) is 6.02. The number of Topliss-reactive ketones (excluding diaryl/α,β-unsaturated/α-hetero) is 1. The minimum Gasteiger partial charge on any atom is -0.504 e. The second-order valence-electron chi connectivity index (χ2n) is 7.77. The zero-order valence-corrected chi connectivity index (χ0v) is 17.7. The molecule has 2 aromatic carbocycles. The number of benzene rings is 2. The normalized spacial score (nSPS) is 20.7. The molecule has 0 saturated heterocycles. The summed E-state index contributed by atoms with van der Waals surface area (Å²) in [6, 6.07) is 10.6. The van der Waals surface area contributed by atoms with Crippen LogP contribution in [0, 0.1) is 0 Å². The lowest BCUT2D eigenvalue weighted by molar-refractivity contribution is -0.122. The van der Waals surface area contributed by atoms with E-state index >= 15 is 0 Å². The molecule has 7 heteroatoms. The molecule has 0 aromatic heterocycles. The molecule has 31 heavy (non-hydrogen) atoms. The lowest BCUT2D eigenvalue weighted by atomic mass is 9.73. The fourth-order valence-corrected chi connectivity index (χ4v) is 4.50. The Morgan fingerprint density at radius 2 is 1.52 bits per heavy atom. The van der Waals surface area contributed by atoms with Gasteiger partial charge in [0.15, 0.2) is 28.8 Å². The molecule has 1 aliphatic carbocycles. The SMILES string of the molecule is COc1cc([C@H]2CC(=O)NC3=C2C(=O)C[C@@H](c2ccc(OC)c(OC)c2)C3)ccc1O. The van der Waals surface area contributed by atoms with Crippen molar-refractivity contribution in [2.24, 2.45) is 0 Å². The monoisotopic (exact) mass is 423 g/mol. The Kier molecular flexibility index (Phi) is 5.59. The van der Waals surface area contributed by atoms with Gasteiger partial charge in [0.2, 0.25) is 5.91 Å². The summed E-state index contributed by atoms with van der Waals surface area (Å²) in [5.41, 5.74) is 3.04. The van der Waals surface area contributed by atoms with Crippen LogP contribution in [0.5, 0.6) is 23.0 Å². The van der Waals surface area contributed by atoms with E-state index in [-0.39, 0.29) is 35.7 Å². The lowest BCUT2D eigenvalue weighted by Gasteiger charge is -2.34. The predicted octanol–water partition coefficient (Wildman–Crippen LogP) is 3.42. The van der Waals surface area contributed by atoms with Gasteiger partial charge in [-0.3, -0.25) is 9.59 Å². The van der Waals surface area contributed by atoms with Crippen molar-refractivity contribution in [2.45, 2.75) is 31.1 Å². The second-order valence-corrected chi connectivity index (χ2v) is 7.77. The molecule has 2 aromatic rings. The molecule has 1 heterocycles. The molecule has 0 spiro atoms. The number of ether oxygens (including phenoxy) is 3. The molecule has 7 nitrogen and oxygen atoms in total. The molecule has 0 radical (unpaired) electrons. The first kappa shape index (κ1) is 20.8. The van der Waals surface area contributed by atoms with E-state index in [0.717, 1.165) is 11.1 Å². The van der Waals surface area contributed by atoms with Gasteiger partial charge in [0.1, 0.15) is 0 Å². The van der Waals surface area contributed by atoms with E-state index in [4.69, 9.17) is 14.2 Å². The third kappa shape index (κ3) is 3.83. The largest absolute Gasteiger partial charge is 0.504 e. The van der Waals surface area contributed by atoms with Gasteiger partial charge in [0.05, 0.1) is 21.3 Å². The van der Waals surface area contributed by atoms with Crippen molar-refractivity contribution in [1.82, 2.24) is 5.32 Å². The number of allylic oxidation sites excluding steroid dienone is 2. The molecular formula is C24H25NO6. The Morgan fingerprint density at radius 1 is 0.839 bits per heavy atom. The average Bonchev–Trinajstić information content (AvgIpc) is 2.78. The number of rotatable bonds is 5. The summed E-state index contributed by atoms with van der Waals surface area (Å²) in [4.78, 5) is 25.7. The fourth-order valence-electron chi connectivity index (χ4n) is 4.50. The summed E-state index contributed by atoms with van der Waals surface area (Å²) in [6.07, 6.45) is 1.07. The van der Waals surface area contributed by atoms with E-state index in [1.54, 1.807) is 26.4 Å². The van der Waals surface area contributed by atoms with Gasteiger partial charge in [-0.05, 0) is 47.7 Å². The van der Waals surface area contributed by atoms with Crippen LogP contribution in [-0.4, -0.2) is 38.1 Å². The zero-order valence-electron chi connectivity index (χ0n) is 17.7. The van der Waals surface area contributed by atoms with Gasteiger partial charge in [0, 0.05) is 30.0 Å². The smallest absolute Gasteiger partial charge is 0.225 e. The first-order valence-corrected chi connectivity index (χ1v) is 10.1. The lowest BCUT2D eigenvalue weighted by Crippen LogP contribution is -2.38. The van der Waals surface area contributed by atoms with Crippen molar-refractivity contribution in [3.05, 3.63) is 58.8 Å². The Balaban J connectivity index is 1.70. The maximum Gasteiger partial charge on any atom is 0.225 e. The van der Waals surface area contributed by atoms with Crippen LogP contribution in [-0.2, 0) is 9.59 Å². The number of methoxy groups -OCH3 is 3. The zero-order chi connectivity index (χ0) is 22.1. The number of hydrogen-bond donors (Lipinski definition) is 2. The van der Waals surface area contributed by atoms with Crippen LogP contribution in [0.15, 0.2) is 47.7 Å². The van der Waals surface area contributed by atoms with Crippen LogP contribution in [0.3, 0.4) is 0 Å². The molecule has 0 saturated carbocycles. The fraction of sp³-hybridized carbons (Fsp3) is 0.333. The van der Waals surface area contributed by atoms with Crippen molar-refractivity contribution in [3.63, 3.8) is 0 Å². The second kappa shape index (κ2) is 8.34. The highest BCUT2D eigenvalue weighted by Gasteiger charge is 2.38. The Bertz CT molecular complexity index is 1070. The third-order valence-electron chi connectivity index (χ3n) is 6.02. The van der Waals surface area contributed by atoms with Crippen molar-refractivity contribution < 1.29 is 28.9 Å². The molecular weight excluding hydrogens is 398 g/mol. The molecule has 2 atom stereocenters. The number of phenols is 1. The van der Waals surface area contributed by atoms with Crippen LogP contribution in [0.25, 0.3) is 0 Å². The Hall–Kier alpha value is -3.48. The number of amides is 1. The summed E-state index contributed by atoms with van der Waals surface area (Å²) < 4.78 is 15.9. The molecule has 4 rings (SSSR count). The van der Waals surface area contributed by atoms with Gasteiger partial charge in [0.25, 0.3) is 0 Å². The molecule has 1 amide bonds. The van der Waals surface area contributed by atoms with Crippen molar-refractivity contribution in [2.75, 3.05) is 21.3 Å². The first-order valence-electron chi connectivity index (χ1n) is 10.1. The highest BCUT2D eigenvalue weighted by Crippen LogP contribution is 2.44. The van der Waals surface area contributed by atoms with E-state index in [9.17, 15) is 14.7 Å². The van der Waals surface area contributed by atoms with E-state index < -0.39 is 0 Å². The van der Waals surface area contributed by atoms with E-state index in [0.29, 0.717) is 41.4 Å². The quantitative estimate of drug-likeness (QED) is 0.765. The summed E-state index contributed by atoms with van der Waals surface area (Å²) in [5.74, 6) is 1.02. The van der Waals surface area contributed by atoms with Crippen molar-refractivity contribution >= 4 is 11.7 Å². The van der Waals surface area contributed by atoms with E-state index in [1.807, 2.05) is 18.2 Å². The van der Waals surface area contributed by atoms with Crippen LogP contribution >= 0.6 is 0 Å². The number of ketones is 1. The number of hydrogen-bond acceptors (Lipinski definition) is 6. The van der Waals surface area contributed by atoms with E-state index in [2.05, 4.69) is 5.32 Å². The average molecular weight is 423 g/mol. The minimum absolute atomic E-state index is 0.0121. The van der Waals surface area contributed by atoms with Crippen molar-refractivity contribution in [1.29, 1.82) is 0 Å². The maximum atomic E-state index is 13.3. The van der Waals surface area contributed by atoms with Crippen LogP contribution in [0.2, 0.25) is 0 Å². The molecule has 0 fully saturated rings. The Morgan fingerprint density at radius 3 is 2.23 bits per heavy atom. The number of aromatic hydroxyl groups is 1. The van der Waals surface area contributed by atoms with Gasteiger partial charge >= 0.3 is 0 Å². The molecule has 2 aliphatic rings. The summed E-state index contributed by atoms with van der Waals surface area (Å²) in [6.45, 7) is 0. The molecule has 2 N–H and O–H groups in total. The van der Waals surface area contributed by atoms with Crippen molar-refractivity contribution in [3.8, 4) is 23.0 Å². The van der Waals surface area contributed by atoms with Crippen LogP contribution in [0.4, 0.5) is 0 Å². The standard InChI is InChI=1S/C24H25NO6/c1-29-20-7-5-13(10-22(20)31-3)15-8-17-24(19(27)9-15)16(12-23(28)25-17)14-4-6-18(26)21(11-14)30-2/h4-7,10-11,15-16,26H,8-9,12H2,1-3H3,(H,25,28)/t15-,16+/m0/s1. The van der Waals surface area contributed by atoms with Gasteiger partial charge in [-0.2, -0.15) is 0 Å². The number of carbonyl (C=O) groups is 2. The summed E-state index contributed by atoms with van der Waals surface area (Å²) >= 11 is 0. The summed E-state index contributed by atoms with van der Waals surface area (Å²) in [5, 5.41) is 12.8. The number of carbonyl (C=O) groups excluding carboxylic acids is 2. The van der Waals surface area contributed by atoms with Crippen LogP contribution < -0.4 is 19.5 Å². The first-order chi connectivity index (χ1) is 14.9. The number of nitrogens with one attached hydrogen (secondary N) is 1. The number of phenolic OH excluding ortho intramolecular Hbond substituents is 1. The molecule has 0 bridgehead atoms. The van der Waals surface area contributed by atoms with Gasteiger partial charge in [-0.15, -0.1) is 0 Å². The van der Waals surface area contributed by atoms with E-state index in [1.165, 1.54) is 13.2 Å². The molecule has 162 valence electrons.